The van der Waals surface area contributed by atoms with E-state index in [0.29, 0.717) is 18.0 Å². The van der Waals surface area contributed by atoms with Gasteiger partial charge >= 0.3 is 0 Å². The zero-order valence-electron chi connectivity index (χ0n) is 19.4. The number of nitrogens with one attached hydrogen (secondary N) is 1. The Hall–Kier alpha value is -3.11. The molecule has 0 radical (unpaired) electrons. The number of hydrogen-bond donors (Lipinski definition) is 1. The summed E-state index contributed by atoms with van der Waals surface area (Å²) in [6, 6.07) is 24.5. The monoisotopic (exact) mass is 462 g/mol. The molecule has 1 N–H and O–H groups in total. The third kappa shape index (κ3) is 7.47. The summed E-state index contributed by atoms with van der Waals surface area (Å²) in [6.07, 6.45) is 0.667. The number of amides is 2. The molecule has 3 aromatic carbocycles. The largest absolute Gasteiger partial charge is 0.352 e. The van der Waals surface area contributed by atoms with E-state index in [1.165, 1.54) is 0 Å². The van der Waals surface area contributed by atoms with E-state index < -0.39 is 6.04 Å². The van der Waals surface area contributed by atoms with Gasteiger partial charge in [0.05, 0.1) is 6.42 Å². The van der Waals surface area contributed by atoms with Gasteiger partial charge in [-0.3, -0.25) is 9.59 Å². The highest BCUT2D eigenvalue weighted by molar-refractivity contribution is 6.30. The van der Waals surface area contributed by atoms with Crippen molar-refractivity contribution in [1.82, 2.24) is 10.2 Å². The highest BCUT2D eigenvalue weighted by Gasteiger charge is 2.30. The van der Waals surface area contributed by atoms with Crippen molar-refractivity contribution >= 4 is 23.4 Å². The Kier molecular flexibility index (Phi) is 8.67. The first-order valence-corrected chi connectivity index (χ1v) is 11.6. The molecule has 0 aliphatic carbocycles. The SMILES string of the molecule is Cc1ccc(CC(=O)N(Cc2ccc(Cl)cc2)C(Cc2ccccc2)C(=O)NC(C)C)cc1. The van der Waals surface area contributed by atoms with E-state index in [-0.39, 0.29) is 24.3 Å². The van der Waals surface area contributed by atoms with E-state index in [4.69, 9.17) is 11.6 Å². The Bertz CT molecular complexity index is 1050. The Morgan fingerprint density at radius 1 is 0.848 bits per heavy atom. The van der Waals surface area contributed by atoms with E-state index >= 15 is 0 Å². The molecule has 1 atom stereocenters. The van der Waals surface area contributed by atoms with Crippen LogP contribution >= 0.6 is 11.6 Å². The average molecular weight is 463 g/mol. The summed E-state index contributed by atoms with van der Waals surface area (Å²) in [7, 11) is 0. The molecule has 4 nitrogen and oxygen atoms in total. The quantitative estimate of drug-likeness (QED) is 0.465. The van der Waals surface area contributed by atoms with E-state index in [9.17, 15) is 9.59 Å². The molecular formula is C28H31ClN2O2. The van der Waals surface area contributed by atoms with Crippen LogP contribution in [0.1, 0.15) is 36.1 Å². The minimum Gasteiger partial charge on any atom is -0.352 e. The van der Waals surface area contributed by atoms with E-state index in [2.05, 4.69) is 5.32 Å². The molecule has 0 bridgehead atoms. The van der Waals surface area contributed by atoms with Gasteiger partial charge in [0, 0.05) is 24.0 Å². The maximum atomic E-state index is 13.6. The first-order chi connectivity index (χ1) is 15.8. The molecule has 3 aromatic rings. The first-order valence-electron chi connectivity index (χ1n) is 11.3. The number of nitrogens with zero attached hydrogens (tertiary/aromatic N) is 1. The molecule has 33 heavy (non-hydrogen) atoms. The van der Waals surface area contributed by atoms with Crippen molar-refractivity contribution in [2.24, 2.45) is 0 Å². The third-order valence-corrected chi connectivity index (χ3v) is 5.70. The highest BCUT2D eigenvalue weighted by atomic mass is 35.5. The molecule has 0 aliphatic heterocycles. The standard InChI is InChI=1S/C28H31ClN2O2/c1-20(2)30-28(33)26(17-22-7-5-4-6-8-22)31(19-24-13-15-25(29)16-14-24)27(32)18-23-11-9-21(3)10-12-23/h4-16,20,26H,17-19H2,1-3H3,(H,30,33). The molecule has 0 saturated carbocycles. The minimum absolute atomic E-state index is 0.0274. The van der Waals surface area contributed by atoms with Crippen molar-refractivity contribution in [2.75, 3.05) is 0 Å². The topological polar surface area (TPSA) is 49.4 Å². The van der Waals surface area contributed by atoms with Gasteiger partial charge in [-0.15, -0.1) is 0 Å². The summed E-state index contributed by atoms with van der Waals surface area (Å²) < 4.78 is 0. The van der Waals surface area contributed by atoms with Crippen molar-refractivity contribution < 1.29 is 9.59 Å². The zero-order valence-corrected chi connectivity index (χ0v) is 20.2. The minimum atomic E-state index is -0.636. The van der Waals surface area contributed by atoms with Gasteiger partial charge < -0.3 is 10.2 Å². The molecule has 5 heteroatoms. The van der Waals surface area contributed by atoms with E-state index in [0.717, 1.165) is 22.3 Å². The maximum absolute atomic E-state index is 13.6. The van der Waals surface area contributed by atoms with Crippen LogP contribution < -0.4 is 5.32 Å². The van der Waals surface area contributed by atoms with Gasteiger partial charge in [-0.1, -0.05) is 83.9 Å². The summed E-state index contributed by atoms with van der Waals surface area (Å²) in [5, 5.41) is 3.64. The lowest BCUT2D eigenvalue weighted by molar-refractivity contribution is -0.141. The molecule has 0 aliphatic rings. The van der Waals surface area contributed by atoms with Gasteiger partial charge in [-0.05, 0) is 49.6 Å². The number of hydrogen-bond acceptors (Lipinski definition) is 2. The molecule has 172 valence electrons. The molecular weight excluding hydrogens is 432 g/mol. The molecule has 0 aromatic heterocycles. The van der Waals surface area contributed by atoms with Gasteiger partial charge in [-0.25, -0.2) is 0 Å². The van der Waals surface area contributed by atoms with E-state index in [1.54, 1.807) is 17.0 Å². The molecule has 1 unspecified atom stereocenters. The molecule has 0 spiro atoms. The van der Waals surface area contributed by atoms with Gasteiger partial charge in [-0.2, -0.15) is 0 Å². The number of aryl methyl sites for hydroxylation is 1. The summed E-state index contributed by atoms with van der Waals surface area (Å²) in [5.41, 5.74) is 4.00. The molecule has 3 rings (SSSR count). The van der Waals surface area contributed by atoms with Crippen molar-refractivity contribution in [2.45, 2.75) is 52.2 Å². The number of rotatable bonds is 9. The van der Waals surface area contributed by atoms with Crippen LogP contribution in [-0.2, 0) is 29.0 Å². The Morgan fingerprint density at radius 3 is 2.06 bits per heavy atom. The number of carbonyl (C=O) groups is 2. The molecule has 2 amide bonds. The lowest BCUT2D eigenvalue weighted by atomic mass is 10.0. The Morgan fingerprint density at radius 2 is 1.45 bits per heavy atom. The summed E-state index contributed by atoms with van der Waals surface area (Å²) >= 11 is 6.06. The van der Waals surface area contributed by atoms with Crippen molar-refractivity contribution in [3.63, 3.8) is 0 Å². The second-order valence-corrected chi connectivity index (χ2v) is 9.12. The van der Waals surface area contributed by atoms with Crippen molar-refractivity contribution in [1.29, 1.82) is 0 Å². The summed E-state index contributed by atoms with van der Waals surface area (Å²) in [6.45, 7) is 6.19. The lowest BCUT2D eigenvalue weighted by Crippen LogP contribution is -2.52. The van der Waals surface area contributed by atoms with Crippen LogP contribution in [0.15, 0.2) is 78.9 Å². The predicted octanol–water partition coefficient (Wildman–Crippen LogP) is 5.36. The average Bonchev–Trinajstić information content (AvgIpc) is 2.79. The smallest absolute Gasteiger partial charge is 0.243 e. The van der Waals surface area contributed by atoms with Crippen LogP contribution in [0.3, 0.4) is 0 Å². The predicted molar refractivity (Wildman–Crippen MR) is 134 cm³/mol. The van der Waals surface area contributed by atoms with Crippen LogP contribution in [-0.4, -0.2) is 28.8 Å². The third-order valence-electron chi connectivity index (χ3n) is 5.44. The normalized spacial score (nSPS) is 11.8. The van der Waals surface area contributed by atoms with Crippen LogP contribution in [0.4, 0.5) is 0 Å². The summed E-state index contributed by atoms with van der Waals surface area (Å²) in [5.74, 6) is -0.242. The fourth-order valence-electron chi connectivity index (χ4n) is 3.70. The fraction of sp³-hybridized carbons (Fsp3) is 0.286. The van der Waals surface area contributed by atoms with Gasteiger partial charge in [0.15, 0.2) is 0 Å². The number of halogens is 1. The van der Waals surface area contributed by atoms with Crippen LogP contribution in [0, 0.1) is 6.92 Å². The van der Waals surface area contributed by atoms with Crippen LogP contribution in [0.25, 0.3) is 0 Å². The van der Waals surface area contributed by atoms with Crippen LogP contribution in [0.5, 0.6) is 0 Å². The number of benzene rings is 3. The van der Waals surface area contributed by atoms with Gasteiger partial charge in [0.2, 0.25) is 11.8 Å². The van der Waals surface area contributed by atoms with E-state index in [1.807, 2.05) is 87.5 Å². The van der Waals surface area contributed by atoms with Gasteiger partial charge in [0.25, 0.3) is 0 Å². The van der Waals surface area contributed by atoms with Crippen molar-refractivity contribution in [3.8, 4) is 0 Å². The van der Waals surface area contributed by atoms with Gasteiger partial charge in [0.1, 0.15) is 6.04 Å². The highest BCUT2D eigenvalue weighted by Crippen LogP contribution is 2.18. The fourth-order valence-corrected chi connectivity index (χ4v) is 3.83. The molecule has 0 heterocycles. The first kappa shape index (κ1) is 24.5. The molecule has 0 saturated heterocycles. The van der Waals surface area contributed by atoms with Crippen molar-refractivity contribution in [3.05, 3.63) is 106 Å². The molecule has 0 fully saturated rings. The maximum Gasteiger partial charge on any atom is 0.243 e. The Balaban J connectivity index is 1.95. The second-order valence-electron chi connectivity index (χ2n) is 8.68. The van der Waals surface area contributed by atoms with Crippen LogP contribution in [0.2, 0.25) is 5.02 Å². The second kappa shape index (κ2) is 11.7. The summed E-state index contributed by atoms with van der Waals surface area (Å²) in [4.78, 5) is 28.6. The number of carbonyl (C=O) groups excluding carboxylic acids is 2. The lowest BCUT2D eigenvalue weighted by Gasteiger charge is -2.32. The zero-order chi connectivity index (χ0) is 23.8. The Labute approximate surface area is 201 Å².